The highest BCUT2D eigenvalue weighted by molar-refractivity contribution is 5.89. The fourth-order valence-corrected chi connectivity index (χ4v) is 1.91. The molecule has 0 aliphatic heterocycles. The largest absolute Gasteiger partial charge is 0.452 e. The molecule has 1 amide bonds. The van der Waals surface area contributed by atoms with E-state index in [4.69, 9.17) is 4.74 Å². The standard InChI is InChI=1S/C16H20N2O5/c1-3-5-12(2)17-15(19)11-23-16(20)9-8-13-6-4-7-14(10-13)18(21)22/h4,6-10,12H,3,5,11H2,1-2H3,(H,17,19)/b9-8+/t12-/m1/s1. The minimum atomic E-state index is -0.685. The van der Waals surface area contributed by atoms with E-state index in [0.29, 0.717) is 5.56 Å². The summed E-state index contributed by atoms with van der Waals surface area (Å²) in [5, 5.41) is 13.4. The Bertz CT molecular complexity index is 598. The molecule has 0 unspecified atom stereocenters. The maximum absolute atomic E-state index is 11.5. The zero-order valence-electron chi connectivity index (χ0n) is 13.2. The Hall–Kier alpha value is -2.70. The molecule has 1 atom stereocenters. The van der Waals surface area contributed by atoms with Crippen LogP contribution in [0.25, 0.3) is 6.08 Å². The SMILES string of the molecule is CCC[C@@H](C)NC(=O)COC(=O)/C=C/c1cccc([N+](=O)[O-])c1. The van der Waals surface area contributed by atoms with Crippen LogP contribution in [0.15, 0.2) is 30.3 Å². The molecule has 0 saturated carbocycles. The molecule has 0 saturated heterocycles. The highest BCUT2D eigenvalue weighted by atomic mass is 16.6. The number of nitro benzene ring substituents is 1. The van der Waals surface area contributed by atoms with Gasteiger partial charge in [-0.05, 0) is 25.0 Å². The first-order valence-corrected chi connectivity index (χ1v) is 7.31. The summed E-state index contributed by atoms with van der Waals surface area (Å²) in [5.74, 6) is -1.04. The third kappa shape index (κ3) is 7.21. The second-order valence-corrected chi connectivity index (χ2v) is 5.05. The number of hydrogen-bond acceptors (Lipinski definition) is 5. The smallest absolute Gasteiger partial charge is 0.331 e. The van der Waals surface area contributed by atoms with Crippen molar-refractivity contribution < 1.29 is 19.2 Å². The number of ether oxygens (including phenoxy) is 1. The topological polar surface area (TPSA) is 98.5 Å². The van der Waals surface area contributed by atoms with Gasteiger partial charge in [0, 0.05) is 24.3 Å². The Kier molecular flexibility index (Phi) is 7.45. The first-order valence-electron chi connectivity index (χ1n) is 7.31. The van der Waals surface area contributed by atoms with Crippen LogP contribution < -0.4 is 5.32 Å². The predicted octanol–water partition coefficient (Wildman–Crippen LogP) is 2.46. The summed E-state index contributed by atoms with van der Waals surface area (Å²) in [6, 6.07) is 5.87. The molecule has 0 radical (unpaired) electrons. The molecule has 1 aromatic carbocycles. The third-order valence-electron chi connectivity index (χ3n) is 2.97. The molecule has 7 nitrogen and oxygen atoms in total. The summed E-state index contributed by atoms with van der Waals surface area (Å²) in [5.41, 5.74) is 0.432. The quantitative estimate of drug-likeness (QED) is 0.343. The third-order valence-corrected chi connectivity index (χ3v) is 2.97. The van der Waals surface area contributed by atoms with Gasteiger partial charge in [-0.3, -0.25) is 14.9 Å². The number of carbonyl (C=O) groups is 2. The molecule has 23 heavy (non-hydrogen) atoms. The van der Waals surface area contributed by atoms with Gasteiger partial charge in [0.15, 0.2) is 6.61 Å². The van der Waals surface area contributed by atoms with E-state index in [9.17, 15) is 19.7 Å². The van der Waals surface area contributed by atoms with Crippen molar-refractivity contribution in [2.24, 2.45) is 0 Å². The van der Waals surface area contributed by atoms with E-state index >= 15 is 0 Å². The highest BCUT2D eigenvalue weighted by Gasteiger charge is 2.09. The zero-order chi connectivity index (χ0) is 17.2. The second kappa shape index (κ2) is 9.34. The number of hydrogen-bond donors (Lipinski definition) is 1. The molecule has 7 heteroatoms. The summed E-state index contributed by atoms with van der Waals surface area (Å²) < 4.78 is 4.81. The predicted molar refractivity (Wildman–Crippen MR) is 85.6 cm³/mol. The number of nitrogens with one attached hydrogen (secondary N) is 1. The molecule has 0 spiro atoms. The van der Waals surface area contributed by atoms with E-state index in [1.165, 1.54) is 24.3 Å². The number of non-ortho nitro benzene ring substituents is 1. The van der Waals surface area contributed by atoms with Gasteiger partial charge in [0.2, 0.25) is 0 Å². The van der Waals surface area contributed by atoms with Gasteiger partial charge in [-0.25, -0.2) is 4.79 Å². The van der Waals surface area contributed by atoms with Gasteiger partial charge in [-0.1, -0.05) is 25.5 Å². The van der Waals surface area contributed by atoms with E-state index < -0.39 is 10.9 Å². The van der Waals surface area contributed by atoms with Crippen molar-refractivity contribution >= 4 is 23.6 Å². The van der Waals surface area contributed by atoms with E-state index in [-0.39, 0.29) is 24.2 Å². The van der Waals surface area contributed by atoms with Crippen molar-refractivity contribution in [3.8, 4) is 0 Å². The molecule has 0 bridgehead atoms. The summed E-state index contributed by atoms with van der Waals surface area (Å²) in [6.45, 7) is 3.54. The fraction of sp³-hybridized carbons (Fsp3) is 0.375. The lowest BCUT2D eigenvalue weighted by atomic mass is 10.2. The van der Waals surface area contributed by atoms with Crippen LogP contribution in [0.5, 0.6) is 0 Å². The van der Waals surface area contributed by atoms with Gasteiger partial charge < -0.3 is 10.1 Å². The molecule has 0 aliphatic rings. The molecule has 124 valence electrons. The van der Waals surface area contributed by atoms with Crippen LogP contribution in [0.4, 0.5) is 5.69 Å². The highest BCUT2D eigenvalue weighted by Crippen LogP contribution is 2.14. The molecule has 1 N–H and O–H groups in total. The lowest BCUT2D eigenvalue weighted by Crippen LogP contribution is -2.35. The minimum Gasteiger partial charge on any atom is -0.452 e. The van der Waals surface area contributed by atoms with Crippen LogP contribution in [0.1, 0.15) is 32.3 Å². The summed E-state index contributed by atoms with van der Waals surface area (Å²) in [6.07, 6.45) is 4.33. The van der Waals surface area contributed by atoms with Crippen molar-refractivity contribution in [1.29, 1.82) is 0 Å². The van der Waals surface area contributed by atoms with Crippen molar-refractivity contribution in [2.45, 2.75) is 32.7 Å². The van der Waals surface area contributed by atoms with E-state index in [0.717, 1.165) is 18.9 Å². The van der Waals surface area contributed by atoms with Gasteiger partial charge in [0.05, 0.1) is 4.92 Å². The van der Waals surface area contributed by atoms with E-state index in [1.54, 1.807) is 6.07 Å². The number of carbonyl (C=O) groups excluding carboxylic acids is 2. The number of nitrogens with zero attached hydrogens (tertiary/aromatic N) is 1. The maximum Gasteiger partial charge on any atom is 0.331 e. The van der Waals surface area contributed by atoms with Crippen molar-refractivity contribution in [2.75, 3.05) is 6.61 Å². The first-order chi connectivity index (χ1) is 10.9. The molecule has 1 rings (SSSR count). The van der Waals surface area contributed by atoms with Crippen molar-refractivity contribution in [1.82, 2.24) is 5.32 Å². The normalized spacial score (nSPS) is 11.9. The van der Waals surface area contributed by atoms with Crippen LogP contribution in [-0.4, -0.2) is 29.4 Å². The Morgan fingerprint density at radius 1 is 1.43 bits per heavy atom. The number of benzene rings is 1. The van der Waals surface area contributed by atoms with Gasteiger partial charge in [-0.15, -0.1) is 0 Å². The summed E-state index contributed by atoms with van der Waals surface area (Å²) in [7, 11) is 0. The number of esters is 1. The van der Waals surface area contributed by atoms with Crippen LogP contribution in [-0.2, 0) is 14.3 Å². The fourth-order valence-electron chi connectivity index (χ4n) is 1.91. The lowest BCUT2D eigenvalue weighted by molar-refractivity contribution is -0.384. The van der Waals surface area contributed by atoms with Crippen molar-refractivity contribution in [3.63, 3.8) is 0 Å². The molecule has 1 aromatic rings. The number of amides is 1. The Labute approximate surface area is 134 Å². The van der Waals surface area contributed by atoms with Crippen LogP contribution in [0.3, 0.4) is 0 Å². The van der Waals surface area contributed by atoms with Gasteiger partial charge >= 0.3 is 5.97 Å². The molecule has 0 heterocycles. The van der Waals surface area contributed by atoms with Crippen LogP contribution in [0.2, 0.25) is 0 Å². The molecular formula is C16H20N2O5. The minimum absolute atomic E-state index is 0.0339. The van der Waals surface area contributed by atoms with Gasteiger partial charge in [0.1, 0.15) is 0 Å². The monoisotopic (exact) mass is 320 g/mol. The van der Waals surface area contributed by atoms with Gasteiger partial charge in [0.25, 0.3) is 11.6 Å². The maximum atomic E-state index is 11.5. The first kappa shape index (κ1) is 18.3. The van der Waals surface area contributed by atoms with E-state index in [2.05, 4.69) is 5.32 Å². The van der Waals surface area contributed by atoms with Crippen molar-refractivity contribution in [3.05, 3.63) is 46.0 Å². The number of rotatable bonds is 8. The molecule has 0 aromatic heterocycles. The molecule has 0 fully saturated rings. The Balaban J connectivity index is 2.46. The van der Waals surface area contributed by atoms with Crippen LogP contribution >= 0.6 is 0 Å². The molecular weight excluding hydrogens is 300 g/mol. The average Bonchev–Trinajstić information content (AvgIpc) is 2.51. The number of nitro groups is 1. The summed E-state index contributed by atoms with van der Waals surface area (Å²) in [4.78, 5) is 33.2. The van der Waals surface area contributed by atoms with Gasteiger partial charge in [-0.2, -0.15) is 0 Å². The average molecular weight is 320 g/mol. The van der Waals surface area contributed by atoms with E-state index in [1.807, 2.05) is 13.8 Å². The Morgan fingerprint density at radius 3 is 2.83 bits per heavy atom. The summed E-state index contributed by atoms with van der Waals surface area (Å²) >= 11 is 0. The Morgan fingerprint density at radius 2 is 2.17 bits per heavy atom. The zero-order valence-corrected chi connectivity index (χ0v) is 13.2. The lowest BCUT2D eigenvalue weighted by Gasteiger charge is -2.12. The van der Waals surface area contributed by atoms with Crippen LogP contribution in [0, 0.1) is 10.1 Å². The molecule has 0 aliphatic carbocycles. The second-order valence-electron chi connectivity index (χ2n) is 5.05.